The van der Waals surface area contributed by atoms with E-state index >= 15 is 0 Å². The molecular formula is C20H18ClN3O2. The molecular weight excluding hydrogens is 350 g/mol. The van der Waals surface area contributed by atoms with Crippen molar-refractivity contribution in [3.63, 3.8) is 0 Å². The number of nitrogens with one attached hydrogen (secondary N) is 2. The zero-order chi connectivity index (χ0) is 18.4. The Balaban J connectivity index is 1.65. The van der Waals surface area contributed by atoms with Crippen LogP contribution in [0.3, 0.4) is 0 Å². The third-order valence-corrected chi connectivity index (χ3v) is 3.97. The molecule has 1 aromatic heterocycles. The maximum Gasteiger partial charge on any atom is 0.270 e. The summed E-state index contributed by atoms with van der Waals surface area (Å²) in [6.07, 6.45) is 1.60. The lowest BCUT2D eigenvalue weighted by molar-refractivity contribution is 0.0946. The highest BCUT2D eigenvalue weighted by Crippen LogP contribution is 2.30. The van der Waals surface area contributed by atoms with Gasteiger partial charge in [0.15, 0.2) is 0 Å². The summed E-state index contributed by atoms with van der Waals surface area (Å²) in [7, 11) is 1.59. The molecule has 0 unspecified atom stereocenters. The lowest BCUT2D eigenvalue weighted by Gasteiger charge is -2.11. The van der Waals surface area contributed by atoms with Crippen LogP contribution in [0.2, 0.25) is 5.02 Å². The first kappa shape index (κ1) is 17.8. The summed E-state index contributed by atoms with van der Waals surface area (Å²) in [5.41, 5.74) is 2.84. The van der Waals surface area contributed by atoms with Gasteiger partial charge in [0.05, 0.1) is 24.7 Å². The summed E-state index contributed by atoms with van der Waals surface area (Å²) in [5.74, 6) is 0.444. The van der Waals surface area contributed by atoms with Crippen molar-refractivity contribution in [3.05, 3.63) is 83.1 Å². The first-order valence-corrected chi connectivity index (χ1v) is 8.42. The predicted molar refractivity (Wildman–Crippen MR) is 103 cm³/mol. The highest BCUT2D eigenvalue weighted by Gasteiger charge is 2.08. The second-order valence-corrected chi connectivity index (χ2v) is 6.01. The molecule has 6 heteroatoms. The number of aromatic nitrogens is 1. The van der Waals surface area contributed by atoms with Crippen LogP contribution in [0.4, 0.5) is 11.4 Å². The number of halogens is 1. The average molecular weight is 368 g/mol. The Bertz CT molecular complexity index is 883. The van der Waals surface area contributed by atoms with E-state index in [1.54, 1.807) is 43.6 Å². The average Bonchev–Trinajstić information content (AvgIpc) is 2.68. The number of amides is 1. The SMILES string of the molecule is COc1ccc(Cl)cc1Nc1ccc(C(=O)NCc2ccccc2)nc1. The van der Waals surface area contributed by atoms with Gasteiger partial charge in [-0.25, -0.2) is 4.98 Å². The van der Waals surface area contributed by atoms with Crippen LogP contribution in [0, 0.1) is 0 Å². The van der Waals surface area contributed by atoms with E-state index in [0.29, 0.717) is 23.0 Å². The summed E-state index contributed by atoms with van der Waals surface area (Å²) in [6, 6.07) is 18.5. The summed E-state index contributed by atoms with van der Waals surface area (Å²) < 4.78 is 5.30. The van der Waals surface area contributed by atoms with Gasteiger partial charge in [0.1, 0.15) is 11.4 Å². The van der Waals surface area contributed by atoms with E-state index < -0.39 is 0 Å². The molecule has 132 valence electrons. The molecule has 2 aromatic carbocycles. The molecule has 0 aliphatic heterocycles. The Morgan fingerprint density at radius 3 is 2.62 bits per heavy atom. The van der Waals surface area contributed by atoms with Crippen molar-refractivity contribution < 1.29 is 9.53 Å². The van der Waals surface area contributed by atoms with Crippen LogP contribution in [0.1, 0.15) is 16.1 Å². The topological polar surface area (TPSA) is 63.2 Å². The Hall–Kier alpha value is -3.05. The van der Waals surface area contributed by atoms with E-state index in [2.05, 4.69) is 15.6 Å². The second-order valence-electron chi connectivity index (χ2n) is 5.57. The number of rotatable bonds is 6. The van der Waals surface area contributed by atoms with Crippen molar-refractivity contribution in [2.45, 2.75) is 6.54 Å². The van der Waals surface area contributed by atoms with Crippen molar-refractivity contribution in [3.8, 4) is 5.75 Å². The molecule has 0 radical (unpaired) electrons. The van der Waals surface area contributed by atoms with Gasteiger partial charge in [-0.1, -0.05) is 41.9 Å². The van der Waals surface area contributed by atoms with Crippen LogP contribution in [-0.4, -0.2) is 18.0 Å². The van der Waals surface area contributed by atoms with E-state index in [-0.39, 0.29) is 5.91 Å². The van der Waals surface area contributed by atoms with Crippen molar-refractivity contribution in [1.82, 2.24) is 10.3 Å². The Labute approximate surface area is 157 Å². The second kappa shape index (κ2) is 8.36. The number of benzene rings is 2. The van der Waals surface area contributed by atoms with Gasteiger partial charge < -0.3 is 15.4 Å². The number of carbonyl (C=O) groups excluding carboxylic acids is 1. The van der Waals surface area contributed by atoms with Crippen molar-refractivity contribution in [2.24, 2.45) is 0 Å². The van der Waals surface area contributed by atoms with Crippen LogP contribution >= 0.6 is 11.6 Å². The monoisotopic (exact) mass is 367 g/mol. The van der Waals surface area contributed by atoms with Gasteiger partial charge in [0, 0.05) is 11.6 Å². The van der Waals surface area contributed by atoms with Crippen molar-refractivity contribution in [1.29, 1.82) is 0 Å². The Morgan fingerprint density at radius 1 is 1.12 bits per heavy atom. The number of nitrogens with zero attached hydrogens (tertiary/aromatic N) is 1. The van der Waals surface area contributed by atoms with Crippen LogP contribution in [0.5, 0.6) is 5.75 Å². The Kier molecular flexibility index (Phi) is 5.71. The lowest BCUT2D eigenvalue weighted by atomic mass is 10.2. The third kappa shape index (κ3) is 4.52. The third-order valence-electron chi connectivity index (χ3n) is 3.73. The quantitative estimate of drug-likeness (QED) is 0.677. The number of anilines is 2. The zero-order valence-electron chi connectivity index (χ0n) is 14.2. The fourth-order valence-corrected chi connectivity index (χ4v) is 2.58. The minimum atomic E-state index is -0.222. The van der Waals surface area contributed by atoms with Gasteiger partial charge in [-0.05, 0) is 35.9 Å². The van der Waals surface area contributed by atoms with E-state index in [1.807, 2.05) is 30.3 Å². The number of ether oxygens (including phenoxy) is 1. The molecule has 3 rings (SSSR count). The molecule has 0 spiro atoms. The molecule has 0 bridgehead atoms. The van der Waals surface area contributed by atoms with Crippen LogP contribution in [-0.2, 0) is 6.54 Å². The molecule has 0 saturated carbocycles. The molecule has 0 aliphatic carbocycles. The number of hydrogen-bond donors (Lipinski definition) is 2. The number of carbonyl (C=O) groups is 1. The fraction of sp³-hybridized carbons (Fsp3) is 0.100. The maximum atomic E-state index is 12.2. The van der Waals surface area contributed by atoms with Gasteiger partial charge in [0.25, 0.3) is 5.91 Å². The van der Waals surface area contributed by atoms with Gasteiger partial charge in [-0.15, -0.1) is 0 Å². The molecule has 3 aromatic rings. The van der Waals surface area contributed by atoms with E-state index in [0.717, 1.165) is 16.9 Å². The maximum absolute atomic E-state index is 12.2. The molecule has 26 heavy (non-hydrogen) atoms. The normalized spacial score (nSPS) is 10.2. The predicted octanol–water partition coefficient (Wildman–Crippen LogP) is 4.42. The van der Waals surface area contributed by atoms with Crippen molar-refractivity contribution in [2.75, 3.05) is 12.4 Å². The van der Waals surface area contributed by atoms with Gasteiger partial charge in [-0.3, -0.25) is 4.79 Å². The standard InChI is InChI=1S/C20H18ClN3O2/c1-26-19-10-7-15(21)11-18(19)24-16-8-9-17(22-13-16)20(25)23-12-14-5-3-2-4-6-14/h2-11,13,24H,12H2,1H3,(H,23,25). The first-order chi connectivity index (χ1) is 12.7. The minimum Gasteiger partial charge on any atom is -0.495 e. The Morgan fingerprint density at radius 2 is 1.92 bits per heavy atom. The summed E-state index contributed by atoms with van der Waals surface area (Å²) in [5, 5.41) is 6.63. The number of hydrogen-bond acceptors (Lipinski definition) is 4. The van der Waals surface area contributed by atoms with E-state index in [1.165, 1.54) is 0 Å². The van der Waals surface area contributed by atoms with Gasteiger partial charge in [0.2, 0.25) is 0 Å². The lowest BCUT2D eigenvalue weighted by Crippen LogP contribution is -2.23. The molecule has 0 saturated heterocycles. The number of pyridine rings is 1. The van der Waals surface area contributed by atoms with E-state index in [4.69, 9.17) is 16.3 Å². The van der Waals surface area contributed by atoms with Gasteiger partial charge in [-0.2, -0.15) is 0 Å². The van der Waals surface area contributed by atoms with Gasteiger partial charge >= 0.3 is 0 Å². The van der Waals surface area contributed by atoms with Crippen LogP contribution < -0.4 is 15.4 Å². The largest absolute Gasteiger partial charge is 0.495 e. The minimum absolute atomic E-state index is 0.222. The zero-order valence-corrected chi connectivity index (χ0v) is 15.0. The van der Waals surface area contributed by atoms with Crippen molar-refractivity contribution >= 4 is 28.9 Å². The molecule has 0 fully saturated rings. The molecule has 0 aliphatic rings. The summed E-state index contributed by atoms with van der Waals surface area (Å²) >= 11 is 6.03. The fourth-order valence-electron chi connectivity index (χ4n) is 2.40. The smallest absolute Gasteiger partial charge is 0.270 e. The van der Waals surface area contributed by atoms with Crippen LogP contribution in [0.25, 0.3) is 0 Å². The first-order valence-electron chi connectivity index (χ1n) is 8.04. The summed E-state index contributed by atoms with van der Waals surface area (Å²) in [6.45, 7) is 0.459. The molecule has 1 heterocycles. The van der Waals surface area contributed by atoms with E-state index in [9.17, 15) is 4.79 Å². The molecule has 1 amide bonds. The summed E-state index contributed by atoms with van der Waals surface area (Å²) in [4.78, 5) is 16.4. The number of methoxy groups -OCH3 is 1. The van der Waals surface area contributed by atoms with Crippen LogP contribution in [0.15, 0.2) is 66.9 Å². The molecule has 5 nitrogen and oxygen atoms in total. The highest BCUT2D eigenvalue weighted by atomic mass is 35.5. The highest BCUT2D eigenvalue weighted by molar-refractivity contribution is 6.31. The molecule has 0 atom stereocenters. The molecule has 2 N–H and O–H groups in total.